The Kier molecular flexibility index (Phi) is 8.91. The Morgan fingerprint density at radius 2 is 1.67 bits per heavy atom. The summed E-state index contributed by atoms with van der Waals surface area (Å²) in [7, 11) is 3.47. The highest BCUT2D eigenvalue weighted by molar-refractivity contribution is 7.89. The number of nitrogens with zero attached hydrogens (tertiary/aromatic N) is 5. The van der Waals surface area contributed by atoms with Crippen LogP contribution in [0.25, 0.3) is 0 Å². The molecule has 0 radical (unpaired) electrons. The van der Waals surface area contributed by atoms with E-state index in [1.807, 2.05) is 13.0 Å². The minimum atomic E-state index is -3.77. The number of carbonyl (C=O) groups is 1. The van der Waals surface area contributed by atoms with Crippen molar-refractivity contribution >= 4 is 27.6 Å². The minimum absolute atomic E-state index is 0.00942. The van der Waals surface area contributed by atoms with Gasteiger partial charge in [0.05, 0.1) is 12.0 Å². The molecule has 1 amide bonds. The van der Waals surface area contributed by atoms with E-state index in [-0.39, 0.29) is 23.8 Å². The standard InChI is InChI=1S/C25H38N6O4S/c1-17-14-21(35-7)15-18(2)24(17)36(33,34)30(6)11-10-23(32)26-22-16-19(3)25(28-27-22)31-12-8-20(9-13-31)29(4)5/h14-16,20H,8-13H2,1-7H3,(H,26,27,32). The van der Waals surface area contributed by atoms with Crippen LogP contribution >= 0.6 is 0 Å². The van der Waals surface area contributed by atoms with Gasteiger partial charge in [0.25, 0.3) is 0 Å². The highest BCUT2D eigenvalue weighted by atomic mass is 32.2. The lowest BCUT2D eigenvalue weighted by atomic mass is 10.0. The maximum Gasteiger partial charge on any atom is 0.243 e. The Hall–Kier alpha value is -2.76. The number of nitrogens with one attached hydrogen (secondary N) is 1. The summed E-state index contributed by atoms with van der Waals surface area (Å²) in [6.07, 6.45) is 2.13. The van der Waals surface area contributed by atoms with E-state index in [4.69, 9.17) is 4.74 Å². The summed E-state index contributed by atoms with van der Waals surface area (Å²) in [5.41, 5.74) is 2.13. The van der Waals surface area contributed by atoms with Crippen molar-refractivity contribution in [3.63, 3.8) is 0 Å². The lowest BCUT2D eigenvalue weighted by Gasteiger charge is -2.36. The van der Waals surface area contributed by atoms with E-state index in [1.54, 1.807) is 33.1 Å². The SMILES string of the molecule is COc1cc(C)c(S(=O)(=O)N(C)CCC(=O)Nc2cc(C)c(N3CCC(N(C)C)CC3)nn2)c(C)c1. The number of piperidine rings is 1. The van der Waals surface area contributed by atoms with Gasteiger partial charge in [-0.05, 0) is 82.6 Å². The van der Waals surface area contributed by atoms with Crippen molar-refractivity contribution in [2.45, 2.75) is 51.0 Å². The van der Waals surface area contributed by atoms with Gasteiger partial charge in [-0.1, -0.05) is 0 Å². The second-order valence-electron chi connectivity index (χ2n) is 9.63. The molecule has 1 saturated heterocycles. The Morgan fingerprint density at radius 3 is 2.19 bits per heavy atom. The van der Waals surface area contributed by atoms with Gasteiger partial charge in [-0.2, -0.15) is 0 Å². The van der Waals surface area contributed by atoms with Crippen LogP contribution in [0.2, 0.25) is 0 Å². The third kappa shape index (κ3) is 6.32. The third-order valence-corrected chi connectivity index (χ3v) is 8.87. The van der Waals surface area contributed by atoms with Crippen molar-refractivity contribution in [3.8, 4) is 5.75 Å². The van der Waals surface area contributed by atoms with Gasteiger partial charge < -0.3 is 19.9 Å². The van der Waals surface area contributed by atoms with Gasteiger partial charge >= 0.3 is 0 Å². The minimum Gasteiger partial charge on any atom is -0.497 e. The van der Waals surface area contributed by atoms with Crippen LogP contribution in [-0.2, 0) is 14.8 Å². The number of methoxy groups -OCH3 is 1. The van der Waals surface area contributed by atoms with Gasteiger partial charge in [-0.25, -0.2) is 12.7 Å². The zero-order valence-electron chi connectivity index (χ0n) is 22.3. The highest BCUT2D eigenvalue weighted by Crippen LogP contribution is 2.28. The predicted molar refractivity (Wildman–Crippen MR) is 141 cm³/mol. The second kappa shape index (κ2) is 11.5. The quantitative estimate of drug-likeness (QED) is 0.540. The number of anilines is 2. The van der Waals surface area contributed by atoms with E-state index in [2.05, 4.69) is 39.4 Å². The lowest BCUT2D eigenvalue weighted by Crippen LogP contribution is -2.42. The molecule has 198 valence electrons. The zero-order chi connectivity index (χ0) is 26.6. The molecule has 11 heteroatoms. The maximum atomic E-state index is 13.2. The first kappa shape index (κ1) is 27.8. The van der Waals surface area contributed by atoms with Crippen molar-refractivity contribution in [2.75, 3.05) is 58.1 Å². The molecule has 0 atom stereocenters. The van der Waals surface area contributed by atoms with Crippen molar-refractivity contribution in [1.29, 1.82) is 0 Å². The normalized spacial score (nSPS) is 15.0. The summed E-state index contributed by atoms with van der Waals surface area (Å²) < 4.78 is 32.7. The summed E-state index contributed by atoms with van der Waals surface area (Å²) in [4.78, 5) is 17.3. The van der Waals surface area contributed by atoms with Crippen LogP contribution in [0, 0.1) is 20.8 Å². The highest BCUT2D eigenvalue weighted by Gasteiger charge is 2.26. The van der Waals surface area contributed by atoms with Crippen LogP contribution in [0.5, 0.6) is 5.75 Å². The largest absolute Gasteiger partial charge is 0.497 e. The lowest BCUT2D eigenvalue weighted by molar-refractivity contribution is -0.116. The molecular weight excluding hydrogens is 480 g/mol. The molecule has 2 heterocycles. The molecule has 1 aliphatic heterocycles. The van der Waals surface area contributed by atoms with E-state index in [0.29, 0.717) is 28.7 Å². The molecule has 1 fully saturated rings. The van der Waals surface area contributed by atoms with Crippen LogP contribution in [-0.4, -0.2) is 87.7 Å². The molecule has 0 unspecified atom stereocenters. The number of hydrogen-bond acceptors (Lipinski definition) is 8. The molecule has 0 aliphatic carbocycles. The summed E-state index contributed by atoms with van der Waals surface area (Å²) in [6.45, 7) is 7.29. The van der Waals surface area contributed by atoms with Crippen LogP contribution in [0.4, 0.5) is 11.6 Å². The number of aromatic nitrogens is 2. The first-order valence-electron chi connectivity index (χ1n) is 12.1. The second-order valence-corrected chi connectivity index (χ2v) is 11.6. The van der Waals surface area contributed by atoms with Gasteiger partial charge in [0.1, 0.15) is 5.75 Å². The number of ether oxygens (including phenoxy) is 1. The number of hydrogen-bond donors (Lipinski definition) is 1. The molecule has 1 aromatic heterocycles. The fourth-order valence-corrected chi connectivity index (χ4v) is 6.20. The van der Waals surface area contributed by atoms with Crippen LogP contribution in [0.15, 0.2) is 23.1 Å². The molecule has 0 spiro atoms. The van der Waals surface area contributed by atoms with Crippen molar-refractivity contribution in [3.05, 3.63) is 34.9 Å². The van der Waals surface area contributed by atoms with E-state index >= 15 is 0 Å². The van der Waals surface area contributed by atoms with Crippen LogP contribution < -0.4 is 15.0 Å². The number of amides is 1. The van der Waals surface area contributed by atoms with Crippen molar-refractivity contribution in [1.82, 2.24) is 19.4 Å². The average Bonchev–Trinajstić information content (AvgIpc) is 2.82. The molecule has 0 saturated carbocycles. The van der Waals surface area contributed by atoms with Crippen molar-refractivity contribution in [2.24, 2.45) is 0 Å². The summed E-state index contributed by atoms with van der Waals surface area (Å²) in [6, 6.07) is 5.76. The monoisotopic (exact) mass is 518 g/mol. The number of rotatable bonds is 9. The smallest absolute Gasteiger partial charge is 0.243 e. The van der Waals surface area contributed by atoms with Gasteiger partial charge in [-0.3, -0.25) is 4.79 Å². The number of sulfonamides is 1. The summed E-state index contributed by atoms with van der Waals surface area (Å²) in [5.74, 6) is 1.47. The maximum absolute atomic E-state index is 13.2. The number of carbonyl (C=O) groups excluding carboxylic acids is 1. The molecule has 10 nitrogen and oxygen atoms in total. The predicted octanol–water partition coefficient (Wildman–Crippen LogP) is 2.59. The fraction of sp³-hybridized carbons (Fsp3) is 0.560. The molecule has 1 aliphatic rings. The third-order valence-electron chi connectivity index (χ3n) is 6.71. The molecule has 1 aromatic carbocycles. The van der Waals surface area contributed by atoms with E-state index in [0.717, 1.165) is 37.3 Å². The fourth-order valence-electron chi connectivity index (χ4n) is 4.62. The van der Waals surface area contributed by atoms with E-state index in [1.165, 1.54) is 11.4 Å². The van der Waals surface area contributed by atoms with Crippen LogP contribution in [0.3, 0.4) is 0 Å². The van der Waals surface area contributed by atoms with E-state index < -0.39 is 10.0 Å². The van der Waals surface area contributed by atoms with Gasteiger partial charge in [0.15, 0.2) is 11.6 Å². The van der Waals surface area contributed by atoms with E-state index in [9.17, 15) is 13.2 Å². The summed E-state index contributed by atoms with van der Waals surface area (Å²) >= 11 is 0. The topological polar surface area (TPSA) is 108 Å². The Morgan fingerprint density at radius 1 is 1.06 bits per heavy atom. The van der Waals surface area contributed by atoms with Gasteiger partial charge in [0.2, 0.25) is 15.9 Å². The Bertz CT molecular complexity index is 1170. The average molecular weight is 519 g/mol. The van der Waals surface area contributed by atoms with Gasteiger partial charge in [-0.15, -0.1) is 10.2 Å². The molecule has 3 rings (SSSR count). The molecular formula is C25H38N6O4S. The molecule has 36 heavy (non-hydrogen) atoms. The molecule has 0 bridgehead atoms. The molecule has 2 aromatic rings. The van der Waals surface area contributed by atoms with Crippen LogP contribution in [0.1, 0.15) is 36.0 Å². The Balaban J connectivity index is 1.59. The zero-order valence-corrected chi connectivity index (χ0v) is 23.1. The number of aryl methyl sites for hydroxylation is 3. The van der Waals surface area contributed by atoms with Gasteiger partial charge in [0, 0.05) is 39.1 Å². The summed E-state index contributed by atoms with van der Waals surface area (Å²) in [5, 5.41) is 11.3. The Labute approximate surface area is 214 Å². The first-order valence-corrected chi connectivity index (χ1v) is 13.5. The number of benzene rings is 1. The first-order chi connectivity index (χ1) is 16.9. The molecule has 1 N–H and O–H groups in total. The van der Waals surface area contributed by atoms with Crippen molar-refractivity contribution < 1.29 is 17.9 Å².